The number of carboxylic acids is 1. The summed E-state index contributed by atoms with van der Waals surface area (Å²) >= 11 is 5.84. The first kappa shape index (κ1) is 11.7. The van der Waals surface area contributed by atoms with Gasteiger partial charge in [0.1, 0.15) is 5.54 Å². The lowest BCUT2D eigenvalue weighted by atomic mass is 9.69. The number of halogens is 1. The minimum Gasteiger partial charge on any atom is -0.481 e. The van der Waals surface area contributed by atoms with Crippen LogP contribution in [0.3, 0.4) is 0 Å². The number of nitrogens with one attached hydrogen (secondary N) is 1. The molecule has 0 atom stereocenters. The van der Waals surface area contributed by atoms with E-state index >= 15 is 0 Å². The predicted octanol–water partition coefficient (Wildman–Crippen LogP) is 2.51. The highest BCUT2D eigenvalue weighted by atomic mass is 35.5. The molecule has 1 aromatic carbocycles. The molecule has 0 bridgehead atoms. The molecule has 4 nitrogen and oxygen atoms in total. The zero-order valence-electron chi connectivity index (χ0n) is 8.98. The highest BCUT2D eigenvalue weighted by Gasteiger charge is 2.48. The molecule has 88 valence electrons. The first-order valence-electron chi connectivity index (χ1n) is 5.22. The van der Waals surface area contributed by atoms with Crippen LogP contribution >= 0.6 is 11.6 Å². The minimum absolute atomic E-state index is 0.325. The number of carboxylic acid groups (broad SMARTS) is 1. The van der Waals surface area contributed by atoms with E-state index in [0.717, 1.165) is 5.69 Å². The molecule has 0 spiro atoms. The van der Waals surface area contributed by atoms with Crippen molar-refractivity contribution in [1.29, 1.82) is 5.26 Å². The van der Waals surface area contributed by atoms with E-state index in [1.54, 1.807) is 24.3 Å². The highest BCUT2D eigenvalue weighted by Crippen LogP contribution is 2.40. The Hall–Kier alpha value is -1.73. The number of hydrogen-bond donors (Lipinski definition) is 2. The summed E-state index contributed by atoms with van der Waals surface area (Å²) in [5.74, 6) is -1.27. The van der Waals surface area contributed by atoms with Crippen LogP contribution in [-0.2, 0) is 4.79 Å². The van der Waals surface area contributed by atoms with E-state index in [0.29, 0.717) is 17.9 Å². The molecule has 0 radical (unpaired) electrons. The van der Waals surface area contributed by atoms with Crippen molar-refractivity contribution in [2.75, 3.05) is 5.32 Å². The second-order valence-corrected chi connectivity index (χ2v) is 4.71. The number of rotatable bonds is 3. The number of nitrogens with zero attached hydrogens (tertiary/aromatic N) is 1. The first-order valence-corrected chi connectivity index (χ1v) is 5.60. The van der Waals surface area contributed by atoms with Crippen LogP contribution in [0.5, 0.6) is 0 Å². The van der Waals surface area contributed by atoms with Crippen LogP contribution in [0.1, 0.15) is 12.8 Å². The summed E-state index contributed by atoms with van der Waals surface area (Å²) in [6.07, 6.45) is 0.649. The van der Waals surface area contributed by atoms with Crippen molar-refractivity contribution in [3.63, 3.8) is 0 Å². The second-order valence-electron chi connectivity index (χ2n) is 4.27. The van der Waals surface area contributed by atoms with Crippen molar-refractivity contribution in [2.24, 2.45) is 5.92 Å². The maximum atomic E-state index is 10.7. The fourth-order valence-electron chi connectivity index (χ4n) is 2.02. The van der Waals surface area contributed by atoms with Crippen LogP contribution in [0, 0.1) is 17.2 Å². The van der Waals surface area contributed by atoms with Crippen LogP contribution < -0.4 is 5.32 Å². The molecule has 1 aliphatic rings. The Bertz CT molecular complexity index is 490. The third kappa shape index (κ3) is 2.34. The standard InChI is InChI=1S/C12H11ClN2O2/c13-9-2-1-3-10(4-9)15-12(7-14)5-8(6-12)11(16)17/h1-4,8,15H,5-6H2,(H,16,17). The quantitative estimate of drug-likeness (QED) is 0.865. The summed E-state index contributed by atoms with van der Waals surface area (Å²) in [7, 11) is 0. The summed E-state index contributed by atoms with van der Waals surface area (Å²) < 4.78 is 0. The highest BCUT2D eigenvalue weighted by molar-refractivity contribution is 6.30. The van der Waals surface area contributed by atoms with Gasteiger partial charge in [0.2, 0.25) is 0 Å². The molecular weight excluding hydrogens is 240 g/mol. The molecule has 0 aliphatic heterocycles. The van der Waals surface area contributed by atoms with Crippen LogP contribution in [0.25, 0.3) is 0 Å². The van der Waals surface area contributed by atoms with Crippen molar-refractivity contribution >= 4 is 23.3 Å². The van der Waals surface area contributed by atoms with Gasteiger partial charge in [-0.1, -0.05) is 17.7 Å². The largest absolute Gasteiger partial charge is 0.481 e. The van der Waals surface area contributed by atoms with Gasteiger partial charge in [-0.05, 0) is 31.0 Å². The first-order chi connectivity index (χ1) is 8.04. The molecular formula is C12H11ClN2O2. The summed E-state index contributed by atoms with van der Waals surface area (Å²) in [6.45, 7) is 0. The molecule has 1 saturated carbocycles. The minimum atomic E-state index is -0.844. The van der Waals surface area contributed by atoms with Crippen molar-refractivity contribution in [3.05, 3.63) is 29.3 Å². The van der Waals surface area contributed by atoms with E-state index in [4.69, 9.17) is 22.0 Å². The molecule has 0 heterocycles. The van der Waals surface area contributed by atoms with Crippen LogP contribution in [0.15, 0.2) is 24.3 Å². The molecule has 17 heavy (non-hydrogen) atoms. The van der Waals surface area contributed by atoms with Gasteiger partial charge in [0.15, 0.2) is 0 Å². The normalized spacial score (nSPS) is 26.7. The average molecular weight is 251 g/mol. The van der Waals surface area contributed by atoms with Gasteiger partial charge >= 0.3 is 5.97 Å². The van der Waals surface area contributed by atoms with Crippen molar-refractivity contribution in [1.82, 2.24) is 0 Å². The third-order valence-electron chi connectivity index (χ3n) is 2.96. The Balaban J connectivity index is 2.08. The Morgan fingerprint density at radius 2 is 2.29 bits per heavy atom. The lowest BCUT2D eigenvalue weighted by Gasteiger charge is -2.41. The van der Waals surface area contributed by atoms with Gasteiger partial charge in [-0.2, -0.15) is 5.26 Å². The van der Waals surface area contributed by atoms with Crippen LogP contribution in [-0.4, -0.2) is 16.6 Å². The van der Waals surface area contributed by atoms with Gasteiger partial charge in [-0.25, -0.2) is 0 Å². The van der Waals surface area contributed by atoms with Crippen LogP contribution in [0.4, 0.5) is 5.69 Å². The van der Waals surface area contributed by atoms with Crippen molar-refractivity contribution < 1.29 is 9.90 Å². The van der Waals surface area contributed by atoms with Gasteiger partial charge in [0.05, 0.1) is 12.0 Å². The Labute approximate surface area is 104 Å². The Kier molecular flexibility index (Phi) is 2.95. The zero-order chi connectivity index (χ0) is 12.5. The zero-order valence-corrected chi connectivity index (χ0v) is 9.74. The van der Waals surface area contributed by atoms with Gasteiger partial charge in [-0.3, -0.25) is 4.79 Å². The number of nitriles is 1. The van der Waals surface area contributed by atoms with Gasteiger partial charge in [-0.15, -0.1) is 0 Å². The molecule has 1 aliphatic carbocycles. The summed E-state index contributed by atoms with van der Waals surface area (Å²) in [5, 5.41) is 21.6. The van der Waals surface area contributed by atoms with Gasteiger partial charge in [0.25, 0.3) is 0 Å². The molecule has 1 fully saturated rings. The molecule has 1 aromatic rings. The van der Waals surface area contributed by atoms with E-state index in [-0.39, 0.29) is 0 Å². The van der Waals surface area contributed by atoms with E-state index in [1.165, 1.54) is 0 Å². The lowest BCUT2D eigenvalue weighted by molar-refractivity contribution is -0.145. The number of aliphatic carboxylic acids is 1. The topological polar surface area (TPSA) is 73.1 Å². The number of anilines is 1. The predicted molar refractivity (Wildman–Crippen MR) is 63.8 cm³/mol. The fraction of sp³-hybridized carbons (Fsp3) is 0.333. The summed E-state index contributed by atoms with van der Waals surface area (Å²) in [6, 6.07) is 9.20. The molecule has 2 N–H and O–H groups in total. The fourth-order valence-corrected chi connectivity index (χ4v) is 2.21. The SMILES string of the molecule is N#CC1(Nc2cccc(Cl)c2)CC(C(=O)O)C1. The second kappa shape index (κ2) is 4.27. The molecule has 5 heteroatoms. The van der Waals surface area contributed by atoms with Crippen molar-refractivity contribution in [2.45, 2.75) is 18.4 Å². The van der Waals surface area contributed by atoms with Gasteiger partial charge in [0, 0.05) is 10.7 Å². The molecule has 0 saturated heterocycles. The number of carbonyl (C=O) groups is 1. The molecule has 0 unspecified atom stereocenters. The van der Waals surface area contributed by atoms with Crippen molar-refractivity contribution in [3.8, 4) is 6.07 Å². The van der Waals surface area contributed by atoms with E-state index in [2.05, 4.69) is 11.4 Å². The lowest BCUT2D eigenvalue weighted by Crippen LogP contribution is -2.51. The van der Waals surface area contributed by atoms with E-state index < -0.39 is 17.4 Å². The summed E-state index contributed by atoms with van der Waals surface area (Å²) in [5.41, 5.74) is -0.0313. The molecule has 0 aromatic heterocycles. The Morgan fingerprint density at radius 3 is 2.82 bits per heavy atom. The molecule has 0 amide bonds. The van der Waals surface area contributed by atoms with Gasteiger partial charge < -0.3 is 10.4 Å². The maximum absolute atomic E-state index is 10.7. The third-order valence-corrected chi connectivity index (χ3v) is 3.20. The van der Waals surface area contributed by atoms with E-state index in [9.17, 15) is 4.79 Å². The molecule has 2 rings (SSSR count). The number of hydrogen-bond acceptors (Lipinski definition) is 3. The maximum Gasteiger partial charge on any atom is 0.306 e. The monoisotopic (exact) mass is 250 g/mol. The number of benzene rings is 1. The Morgan fingerprint density at radius 1 is 1.59 bits per heavy atom. The van der Waals surface area contributed by atoms with Crippen LogP contribution in [0.2, 0.25) is 5.02 Å². The smallest absolute Gasteiger partial charge is 0.306 e. The average Bonchev–Trinajstić information content (AvgIpc) is 2.22. The summed E-state index contributed by atoms with van der Waals surface area (Å²) in [4.78, 5) is 10.7. The van der Waals surface area contributed by atoms with E-state index in [1.807, 2.05) is 0 Å².